The lowest BCUT2D eigenvalue weighted by atomic mass is 9.98. The van der Waals surface area contributed by atoms with E-state index in [0.29, 0.717) is 16.9 Å². The van der Waals surface area contributed by atoms with Crippen LogP contribution in [0.5, 0.6) is 11.5 Å². The minimum atomic E-state index is -5.04. The van der Waals surface area contributed by atoms with Crippen molar-refractivity contribution in [1.82, 2.24) is 0 Å². The quantitative estimate of drug-likeness (QED) is 0.259. The SMILES string of the molecule is NC(=O)COc1ccc(C(=O)P(=O)(O)O)cc1C(Oc1ccc(-c2ccccc2)cc1)c1ccccc1. The number of carbonyl (C=O) groups excluding carboxylic acids is 2. The highest BCUT2D eigenvalue weighted by molar-refractivity contribution is 7.70. The molecule has 188 valence electrons. The van der Waals surface area contributed by atoms with Gasteiger partial charge in [-0.25, -0.2) is 0 Å². The Morgan fingerprint density at radius 2 is 1.41 bits per heavy atom. The van der Waals surface area contributed by atoms with Gasteiger partial charge in [-0.05, 0) is 47.0 Å². The molecule has 0 aliphatic carbocycles. The molecule has 9 heteroatoms. The van der Waals surface area contributed by atoms with Gasteiger partial charge in [0.1, 0.15) is 11.5 Å². The van der Waals surface area contributed by atoms with Crippen LogP contribution < -0.4 is 15.2 Å². The Morgan fingerprint density at radius 3 is 2.00 bits per heavy atom. The Labute approximate surface area is 213 Å². The smallest absolute Gasteiger partial charge is 0.396 e. The molecule has 0 saturated carbocycles. The van der Waals surface area contributed by atoms with Crippen molar-refractivity contribution in [1.29, 1.82) is 0 Å². The lowest BCUT2D eigenvalue weighted by Crippen LogP contribution is -2.21. The number of amides is 1. The summed E-state index contributed by atoms with van der Waals surface area (Å²) in [4.78, 5) is 42.6. The van der Waals surface area contributed by atoms with Gasteiger partial charge < -0.3 is 25.0 Å². The maximum absolute atomic E-state index is 12.4. The number of hydrogen-bond donors (Lipinski definition) is 3. The maximum atomic E-state index is 12.4. The summed E-state index contributed by atoms with van der Waals surface area (Å²) in [5.41, 5.74) is 6.69. The third-order valence-corrected chi connectivity index (χ3v) is 6.28. The van der Waals surface area contributed by atoms with Gasteiger partial charge in [0.15, 0.2) is 12.7 Å². The fourth-order valence-corrected chi connectivity index (χ4v) is 4.24. The molecule has 0 aliphatic heterocycles. The normalized spacial score (nSPS) is 11.9. The lowest BCUT2D eigenvalue weighted by molar-refractivity contribution is -0.119. The number of carbonyl (C=O) groups is 2. The topological polar surface area (TPSA) is 136 Å². The van der Waals surface area contributed by atoms with Crippen LogP contribution in [-0.4, -0.2) is 27.8 Å². The maximum Gasteiger partial charge on any atom is 0.396 e. The molecular weight excluding hydrogens is 493 g/mol. The first kappa shape index (κ1) is 25.9. The molecule has 0 radical (unpaired) electrons. The van der Waals surface area contributed by atoms with Crippen molar-refractivity contribution >= 4 is 19.0 Å². The largest absolute Gasteiger partial charge is 0.483 e. The molecule has 0 aliphatic rings. The second-order valence-electron chi connectivity index (χ2n) is 8.16. The van der Waals surface area contributed by atoms with Gasteiger partial charge in [-0.3, -0.25) is 14.2 Å². The molecule has 4 aromatic carbocycles. The molecule has 4 rings (SSSR count). The Morgan fingerprint density at radius 1 is 0.811 bits per heavy atom. The number of nitrogens with two attached hydrogens (primary N) is 1. The van der Waals surface area contributed by atoms with Gasteiger partial charge in [0.05, 0.1) is 0 Å². The third kappa shape index (κ3) is 6.51. The van der Waals surface area contributed by atoms with Crippen molar-refractivity contribution in [3.8, 4) is 22.6 Å². The number of rotatable bonds is 10. The van der Waals surface area contributed by atoms with Crippen molar-refractivity contribution in [3.05, 3.63) is 120 Å². The molecule has 37 heavy (non-hydrogen) atoms. The summed E-state index contributed by atoms with van der Waals surface area (Å²) in [6, 6.07) is 30.2. The van der Waals surface area contributed by atoms with Crippen LogP contribution in [0.25, 0.3) is 11.1 Å². The van der Waals surface area contributed by atoms with Gasteiger partial charge >= 0.3 is 7.60 Å². The minimum Gasteiger partial charge on any atom is -0.483 e. The second-order valence-corrected chi connectivity index (χ2v) is 9.65. The van der Waals surface area contributed by atoms with E-state index in [4.69, 9.17) is 15.2 Å². The van der Waals surface area contributed by atoms with Crippen molar-refractivity contribution in [3.63, 3.8) is 0 Å². The fourth-order valence-electron chi connectivity index (χ4n) is 3.77. The van der Waals surface area contributed by atoms with E-state index in [1.165, 1.54) is 18.2 Å². The summed E-state index contributed by atoms with van der Waals surface area (Å²) in [5, 5.41) is 0. The molecule has 1 atom stereocenters. The average molecular weight is 517 g/mol. The van der Waals surface area contributed by atoms with Crippen LogP contribution in [-0.2, 0) is 9.36 Å². The van der Waals surface area contributed by atoms with E-state index in [-0.39, 0.29) is 11.3 Å². The summed E-state index contributed by atoms with van der Waals surface area (Å²) < 4.78 is 23.6. The predicted molar refractivity (Wildman–Crippen MR) is 138 cm³/mol. The number of primary amides is 1. The zero-order valence-corrected chi connectivity index (χ0v) is 20.5. The molecule has 8 nitrogen and oxygen atoms in total. The molecule has 0 bridgehead atoms. The number of ether oxygens (including phenoxy) is 2. The van der Waals surface area contributed by atoms with Crippen LogP contribution in [0.4, 0.5) is 0 Å². The Hall–Kier alpha value is -4.23. The van der Waals surface area contributed by atoms with Crippen LogP contribution >= 0.6 is 7.60 Å². The highest BCUT2D eigenvalue weighted by Gasteiger charge is 2.30. The highest BCUT2D eigenvalue weighted by Crippen LogP contribution is 2.42. The first-order valence-electron chi connectivity index (χ1n) is 11.2. The Bertz CT molecular complexity index is 1430. The number of benzene rings is 4. The predicted octanol–water partition coefficient (Wildman–Crippen LogP) is 4.70. The van der Waals surface area contributed by atoms with Gasteiger partial charge in [-0.15, -0.1) is 0 Å². The summed E-state index contributed by atoms with van der Waals surface area (Å²) in [7, 11) is -5.04. The van der Waals surface area contributed by atoms with E-state index in [0.717, 1.165) is 11.1 Å². The minimum absolute atomic E-state index is 0.177. The average Bonchev–Trinajstić information content (AvgIpc) is 2.91. The monoisotopic (exact) mass is 517 g/mol. The summed E-state index contributed by atoms with van der Waals surface area (Å²) in [6.45, 7) is -0.438. The molecule has 0 saturated heterocycles. The fraction of sp³-hybridized carbons (Fsp3) is 0.0714. The zero-order valence-electron chi connectivity index (χ0n) is 19.6. The Balaban J connectivity index is 1.77. The molecule has 0 fully saturated rings. The number of hydrogen-bond acceptors (Lipinski definition) is 5. The summed E-state index contributed by atoms with van der Waals surface area (Å²) in [6.07, 6.45) is -0.851. The first-order valence-corrected chi connectivity index (χ1v) is 12.9. The highest BCUT2D eigenvalue weighted by atomic mass is 31.2. The first-order chi connectivity index (χ1) is 17.7. The van der Waals surface area contributed by atoms with Crippen LogP contribution in [0.2, 0.25) is 0 Å². The Kier molecular flexibility index (Phi) is 7.84. The van der Waals surface area contributed by atoms with Crippen molar-refractivity contribution in [2.75, 3.05) is 6.61 Å². The van der Waals surface area contributed by atoms with E-state index in [9.17, 15) is 23.9 Å². The van der Waals surface area contributed by atoms with Gasteiger partial charge in [-0.1, -0.05) is 72.8 Å². The van der Waals surface area contributed by atoms with Crippen molar-refractivity contribution in [2.45, 2.75) is 6.10 Å². The van der Waals surface area contributed by atoms with E-state index in [1.807, 2.05) is 48.5 Å². The third-order valence-electron chi connectivity index (χ3n) is 5.49. The zero-order chi connectivity index (χ0) is 26.4. The van der Waals surface area contributed by atoms with E-state index < -0.39 is 31.7 Å². The van der Waals surface area contributed by atoms with Crippen LogP contribution in [0.15, 0.2) is 103 Å². The molecule has 4 aromatic rings. The van der Waals surface area contributed by atoms with E-state index in [2.05, 4.69) is 0 Å². The van der Waals surface area contributed by atoms with Crippen molar-refractivity contribution < 1.29 is 33.4 Å². The standard InChI is InChI=1S/C28H24NO7P/c29-26(30)18-35-25-16-13-22(28(31)37(32,33)34)17-24(25)27(21-9-5-2-6-10-21)36-23-14-11-20(12-15-23)19-7-3-1-4-8-19/h1-17,27H,18H2,(H2,29,30)(H2,32,33,34). The van der Waals surface area contributed by atoms with Gasteiger partial charge in [0, 0.05) is 11.1 Å². The van der Waals surface area contributed by atoms with Gasteiger partial charge in [-0.2, -0.15) is 0 Å². The second kappa shape index (κ2) is 11.2. The molecule has 4 N–H and O–H groups in total. The molecule has 0 heterocycles. The van der Waals surface area contributed by atoms with Crippen LogP contribution in [0.3, 0.4) is 0 Å². The molecule has 0 aromatic heterocycles. The molecule has 1 amide bonds. The summed E-state index contributed by atoms with van der Waals surface area (Å²) >= 11 is 0. The van der Waals surface area contributed by atoms with Crippen molar-refractivity contribution in [2.24, 2.45) is 5.73 Å². The van der Waals surface area contributed by atoms with E-state index in [1.54, 1.807) is 36.4 Å². The van der Waals surface area contributed by atoms with Gasteiger partial charge in [0.2, 0.25) is 0 Å². The van der Waals surface area contributed by atoms with E-state index >= 15 is 0 Å². The van der Waals surface area contributed by atoms with Crippen LogP contribution in [0.1, 0.15) is 27.6 Å². The molecular formula is C28H24NO7P. The van der Waals surface area contributed by atoms with Gasteiger partial charge in [0.25, 0.3) is 11.4 Å². The molecule has 0 spiro atoms. The van der Waals surface area contributed by atoms with Crippen LogP contribution in [0, 0.1) is 0 Å². The summed E-state index contributed by atoms with van der Waals surface area (Å²) in [5.74, 6) is -0.0353. The lowest BCUT2D eigenvalue weighted by Gasteiger charge is -2.23. The molecule has 1 unspecified atom stereocenters.